The maximum Gasteiger partial charge on any atom is 0.319 e. The van der Waals surface area contributed by atoms with Gasteiger partial charge in [-0.2, -0.15) is 0 Å². The van der Waals surface area contributed by atoms with E-state index >= 15 is 0 Å². The fourth-order valence-corrected chi connectivity index (χ4v) is 4.28. The quantitative estimate of drug-likeness (QED) is 0.926. The number of carbonyl (C=O) groups is 1. The highest BCUT2D eigenvalue weighted by Crippen LogP contribution is 2.44. The van der Waals surface area contributed by atoms with Crippen molar-refractivity contribution in [3.8, 4) is 5.75 Å². The van der Waals surface area contributed by atoms with Crippen molar-refractivity contribution in [1.82, 2.24) is 0 Å². The minimum absolute atomic E-state index is 0.154. The Balaban J connectivity index is 1.74. The minimum atomic E-state index is -0.749. The Morgan fingerprint density at radius 2 is 2.42 bits per heavy atom. The lowest BCUT2D eigenvalue weighted by Gasteiger charge is -2.25. The highest BCUT2D eigenvalue weighted by molar-refractivity contribution is 8.01. The Morgan fingerprint density at radius 3 is 3.11 bits per heavy atom. The van der Waals surface area contributed by atoms with Crippen LogP contribution in [0.2, 0.25) is 0 Å². The molecule has 3 rings (SSSR count). The first-order valence-electron chi connectivity index (χ1n) is 6.41. The molecule has 0 aliphatic carbocycles. The first-order valence-corrected chi connectivity index (χ1v) is 7.40. The molecule has 2 heterocycles. The predicted molar refractivity (Wildman–Crippen MR) is 71.2 cm³/mol. The lowest BCUT2D eigenvalue weighted by molar-refractivity contribution is -0.140. The Morgan fingerprint density at radius 1 is 1.58 bits per heavy atom. The van der Waals surface area contributed by atoms with E-state index in [1.54, 1.807) is 6.07 Å². The Kier molecular flexibility index (Phi) is 3.17. The smallest absolute Gasteiger partial charge is 0.319 e. The van der Waals surface area contributed by atoms with Gasteiger partial charge in [-0.05, 0) is 36.8 Å². The Labute approximate surface area is 115 Å². The van der Waals surface area contributed by atoms with Crippen molar-refractivity contribution in [1.29, 1.82) is 0 Å². The number of ether oxygens (including phenoxy) is 1. The highest BCUT2D eigenvalue weighted by Gasteiger charge is 2.45. The van der Waals surface area contributed by atoms with E-state index in [0.29, 0.717) is 25.0 Å². The lowest BCUT2D eigenvalue weighted by atomic mass is 9.94. The molecule has 2 aliphatic rings. The summed E-state index contributed by atoms with van der Waals surface area (Å²) in [6.07, 6.45) is 2.56. The van der Waals surface area contributed by atoms with Gasteiger partial charge in [0.15, 0.2) is 0 Å². The molecule has 5 heteroatoms. The first-order chi connectivity index (χ1) is 9.09. The van der Waals surface area contributed by atoms with Gasteiger partial charge in [-0.15, -0.1) is 11.8 Å². The lowest BCUT2D eigenvalue weighted by Crippen LogP contribution is -2.37. The molecule has 0 spiro atoms. The number of halogens is 1. The van der Waals surface area contributed by atoms with E-state index in [4.69, 9.17) is 4.74 Å². The van der Waals surface area contributed by atoms with E-state index in [0.717, 1.165) is 17.7 Å². The Hall–Kier alpha value is -1.23. The second kappa shape index (κ2) is 4.71. The van der Waals surface area contributed by atoms with Crippen LogP contribution in [-0.2, 0) is 11.2 Å². The van der Waals surface area contributed by atoms with Crippen LogP contribution in [0.15, 0.2) is 18.2 Å². The number of carboxylic acid groups (broad SMARTS) is 1. The molecule has 1 aromatic rings. The van der Waals surface area contributed by atoms with Gasteiger partial charge in [0.1, 0.15) is 22.4 Å². The van der Waals surface area contributed by atoms with E-state index in [1.807, 2.05) is 0 Å². The van der Waals surface area contributed by atoms with E-state index in [1.165, 1.54) is 23.9 Å². The number of rotatable bonds is 3. The third-order valence-corrected chi connectivity index (χ3v) is 5.41. The minimum Gasteiger partial charge on any atom is -0.490 e. The molecule has 2 unspecified atom stereocenters. The second-order valence-electron chi connectivity index (χ2n) is 5.15. The summed E-state index contributed by atoms with van der Waals surface area (Å²) in [5.74, 6) is 0.558. The third-order valence-electron chi connectivity index (χ3n) is 3.81. The molecule has 102 valence electrons. The molecule has 0 bridgehead atoms. The number of carboxylic acids is 1. The fourth-order valence-electron chi connectivity index (χ4n) is 2.89. The number of hydrogen-bond donors (Lipinski definition) is 1. The van der Waals surface area contributed by atoms with Crippen LogP contribution in [0.25, 0.3) is 0 Å². The predicted octanol–water partition coefficient (Wildman–Crippen LogP) is 2.87. The van der Waals surface area contributed by atoms with Crippen molar-refractivity contribution in [3.63, 3.8) is 0 Å². The number of thioether (sulfide) groups is 1. The fraction of sp³-hybridized carbons (Fsp3) is 0.500. The normalized spacial score (nSPS) is 29.0. The van der Waals surface area contributed by atoms with Gasteiger partial charge in [0, 0.05) is 18.4 Å². The number of hydrogen-bond acceptors (Lipinski definition) is 3. The number of benzene rings is 1. The monoisotopic (exact) mass is 282 g/mol. The molecule has 0 aromatic heterocycles. The van der Waals surface area contributed by atoms with Gasteiger partial charge in [-0.3, -0.25) is 4.79 Å². The topological polar surface area (TPSA) is 46.5 Å². The van der Waals surface area contributed by atoms with Crippen molar-refractivity contribution < 1.29 is 19.0 Å². The zero-order valence-electron chi connectivity index (χ0n) is 10.4. The van der Waals surface area contributed by atoms with Crippen LogP contribution in [0.5, 0.6) is 5.75 Å². The van der Waals surface area contributed by atoms with Crippen molar-refractivity contribution in [2.45, 2.75) is 36.5 Å². The van der Waals surface area contributed by atoms with E-state index in [9.17, 15) is 14.3 Å². The molecule has 1 N–H and O–H groups in total. The summed E-state index contributed by atoms with van der Waals surface area (Å²) in [5.41, 5.74) is 0.841. The summed E-state index contributed by atoms with van der Waals surface area (Å²) in [4.78, 5) is 11.5. The maximum absolute atomic E-state index is 13.1. The van der Waals surface area contributed by atoms with Crippen LogP contribution < -0.4 is 4.74 Å². The molecule has 1 saturated heterocycles. The van der Waals surface area contributed by atoms with E-state index in [2.05, 4.69) is 0 Å². The van der Waals surface area contributed by atoms with Gasteiger partial charge in [0.05, 0.1) is 0 Å². The van der Waals surface area contributed by atoms with Gasteiger partial charge in [-0.25, -0.2) is 4.39 Å². The van der Waals surface area contributed by atoms with Crippen molar-refractivity contribution in [3.05, 3.63) is 29.6 Å². The first kappa shape index (κ1) is 12.8. The molecule has 1 fully saturated rings. The van der Waals surface area contributed by atoms with Gasteiger partial charge >= 0.3 is 5.97 Å². The summed E-state index contributed by atoms with van der Waals surface area (Å²) in [5, 5.41) is 9.45. The van der Waals surface area contributed by atoms with Crippen molar-refractivity contribution >= 4 is 17.7 Å². The third kappa shape index (κ3) is 2.31. The van der Waals surface area contributed by atoms with Crippen LogP contribution in [0.1, 0.15) is 24.8 Å². The second-order valence-corrected chi connectivity index (χ2v) is 6.63. The van der Waals surface area contributed by atoms with Crippen LogP contribution in [0.3, 0.4) is 0 Å². The molecule has 0 saturated carbocycles. The average molecular weight is 282 g/mol. The molecule has 3 nitrogen and oxygen atoms in total. The summed E-state index contributed by atoms with van der Waals surface area (Å²) in [6.45, 7) is 0. The number of fused-ring (bicyclic) bond motifs is 1. The summed E-state index contributed by atoms with van der Waals surface area (Å²) in [7, 11) is 0. The average Bonchev–Trinajstić information content (AvgIpc) is 2.96. The molecular formula is C14H15FO3S. The van der Waals surface area contributed by atoms with Crippen LogP contribution in [0.4, 0.5) is 4.39 Å². The molecule has 1 aromatic carbocycles. The Bertz CT molecular complexity index is 511. The SMILES string of the molecule is O=C(O)C1(CC2Cc3cc(F)ccc3O2)CCCS1. The molecular weight excluding hydrogens is 267 g/mol. The summed E-state index contributed by atoms with van der Waals surface area (Å²) < 4.78 is 18.2. The number of aliphatic carboxylic acids is 1. The van der Waals surface area contributed by atoms with Crippen LogP contribution >= 0.6 is 11.8 Å². The molecule has 2 aliphatic heterocycles. The van der Waals surface area contributed by atoms with Gasteiger partial charge in [0.25, 0.3) is 0 Å². The maximum atomic E-state index is 13.1. The highest BCUT2D eigenvalue weighted by atomic mass is 32.2. The standard InChI is InChI=1S/C14H15FO3S/c15-10-2-3-12-9(6-10)7-11(18-12)8-14(13(16)17)4-1-5-19-14/h2-3,6,11H,1,4-5,7-8H2,(H,16,17). The van der Waals surface area contributed by atoms with E-state index < -0.39 is 10.7 Å². The molecule has 0 amide bonds. The largest absolute Gasteiger partial charge is 0.490 e. The van der Waals surface area contributed by atoms with Gasteiger partial charge in [0.2, 0.25) is 0 Å². The summed E-state index contributed by atoms with van der Waals surface area (Å²) >= 11 is 1.51. The zero-order chi connectivity index (χ0) is 13.5. The molecule has 2 atom stereocenters. The van der Waals surface area contributed by atoms with Crippen LogP contribution in [-0.4, -0.2) is 27.7 Å². The molecule has 0 radical (unpaired) electrons. The van der Waals surface area contributed by atoms with E-state index in [-0.39, 0.29) is 11.9 Å². The van der Waals surface area contributed by atoms with Crippen molar-refractivity contribution in [2.24, 2.45) is 0 Å². The van der Waals surface area contributed by atoms with Crippen molar-refractivity contribution in [2.75, 3.05) is 5.75 Å². The summed E-state index contributed by atoms with van der Waals surface area (Å²) in [6, 6.07) is 4.48. The van der Waals surface area contributed by atoms with Gasteiger partial charge < -0.3 is 9.84 Å². The zero-order valence-corrected chi connectivity index (χ0v) is 11.2. The van der Waals surface area contributed by atoms with Crippen LogP contribution in [0, 0.1) is 5.82 Å². The molecule has 19 heavy (non-hydrogen) atoms. The van der Waals surface area contributed by atoms with Gasteiger partial charge in [-0.1, -0.05) is 0 Å².